The third kappa shape index (κ3) is 4.84. The Labute approximate surface area is 169 Å². The molecule has 3 aromatic rings. The van der Waals surface area contributed by atoms with E-state index in [1.165, 1.54) is 17.7 Å². The average Bonchev–Trinajstić information content (AvgIpc) is 3.23. The number of nitrogens with zero attached hydrogens (tertiary/aromatic N) is 2. The van der Waals surface area contributed by atoms with E-state index in [1.54, 1.807) is 18.2 Å². The van der Waals surface area contributed by atoms with Gasteiger partial charge in [-0.1, -0.05) is 41.6 Å². The van der Waals surface area contributed by atoms with Crippen LogP contribution in [0.2, 0.25) is 0 Å². The van der Waals surface area contributed by atoms with Crippen LogP contribution in [-0.4, -0.2) is 33.4 Å². The van der Waals surface area contributed by atoms with Crippen LogP contribution < -0.4 is 5.32 Å². The Bertz CT molecular complexity index is 963. The largest absolute Gasteiger partial charge is 0.504 e. The van der Waals surface area contributed by atoms with E-state index in [0.29, 0.717) is 11.8 Å². The van der Waals surface area contributed by atoms with Gasteiger partial charge in [-0.3, -0.25) is 0 Å². The van der Waals surface area contributed by atoms with E-state index < -0.39 is 0 Å². The average molecular weight is 391 g/mol. The minimum Gasteiger partial charge on any atom is -0.504 e. The molecule has 6 nitrogen and oxygen atoms in total. The molecule has 0 saturated carbocycles. The van der Waals surface area contributed by atoms with Crippen molar-refractivity contribution in [2.75, 3.05) is 13.1 Å². The molecule has 0 bridgehead atoms. The van der Waals surface area contributed by atoms with Crippen molar-refractivity contribution in [2.24, 2.45) is 5.92 Å². The number of rotatable bonds is 6. The third-order valence-corrected chi connectivity index (χ3v) is 5.46. The van der Waals surface area contributed by atoms with E-state index in [2.05, 4.69) is 39.7 Å². The molecular weight excluding hydrogens is 366 g/mol. The zero-order valence-electron chi connectivity index (χ0n) is 16.2. The van der Waals surface area contributed by atoms with Crippen LogP contribution in [0.5, 0.6) is 11.5 Å². The van der Waals surface area contributed by atoms with Crippen molar-refractivity contribution in [3.8, 4) is 11.5 Å². The van der Waals surface area contributed by atoms with Gasteiger partial charge in [-0.2, -0.15) is 4.98 Å². The minimum atomic E-state index is -0.160. The number of phenolic OH excluding ortho intramolecular Hbond substituents is 2. The summed E-state index contributed by atoms with van der Waals surface area (Å²) in [7, 11) is 0. The smallest absolute Gasteiger partial charge is 0.250 e. The second-order valence-electron chi connectivity index (χ2n) is 7.46. The Morgan fingerprint density at radius 3 is 2.59 bits per heavy atom. The summed E-state index contributed by atoms with van der Waals surface area (Å²) >= 11 is 0. The van der Waals surface area contributed by atoms with Gasteiger partial charge in [0.2, 0.25) is 0 Å². The molecule has 1 unspecified atom stereocenters. The van der Waals surface area contributed by atoms with E-state index in [4.69, 9.17) is 4.52 Å². The molecule has 6 heteroatoms. The number of hydrogen-bond donors (Lipinski definition) is 3. The standard InChI is InChI=1S/C23H25N3O3/c27-20-8-6-17(15-21(20)28)7-9-22-25-23(26-29-22)19(18-10-12-24-13-11-18)14-16-4-2-1-3-5-16/h1-9,15,18-19,24,27-28H,10-14H2. The highest BCUT2D eigenvalue weighted by Gasteiger charge is 2.29. The van der Waals surface area contributed by atoms with E-state index in [9.17, 15) is 10.2 Å². The van der Waals surface area contributed by atoms with Gasteiger partial charge in [0.1, 0.15) is 0 Å². The van der Waals surface area contributed by atoms with Gasteiger partial charge in [0, 0.05) is 12.0 Å². The Balaban J connectivity index is 1.54. The summed E-state index contributed by atoms with van der Waals surface area (Å²) in [5.41, 5.74) is 2.01. The molecule has 0 aliphatic carbocycles. The van der Waals surface area contributed by atoms with Crippen molar-refractivity contribution in [3.05, 3.63) is 71.4 Å². The van der Waals surface area contributed by atoms with Gasteiger partial charge in [-0.25, -0.2) is 0 Å². The molecule has 2 aromatic carbocycles. The summed E-state index contributed by atoms with van der Waals surface area (Å²) in [6, 6.07) is 15.1. The fraction of sp³-hybridized carbons (Fsp3) is 0.304. The maximum absolute atomic E-state index is 9.62. The van der Waals surface area contributed by atoms with Crippen molar-refractivity contribution in [1.29, 1.82) is 0 Å². The van der Waals surface area contributed by atoms with Crippen LogP contribution in [0.1, 0.15) is 41.6 Å². The van der Waals surface area contributed by atoms with Crippen LogP contribution in [0.4, 0.5) is 0 Å². The summed E-state index contributed by atoms with van der Waals surface area (Å²) in [5, 5.41) is 26.7. The topological polar surface area (TPSA) is 91.4 Å². The lowest BCUT2D eigenvalue weighted by Gasteiger charge is -2.29. The minimum absolute atomic E-state index is 0.145. The van der Waals surface area contributed by atoms with Gasteiger partial charge in [0.25, 0.3) is 5.89 Å². The molecule has 1 saturated heterocycles. The molecule has 1 aromatic heterocycles. The predicted molar refractivity (Wildman–Crippen MR) is 111 cm³/mol. The summed E-state index contributed by atoms with van der Waals surface area (Å²) in [6.45, 7) is 2.04. The molecular formula is C23H25N3O3. The lowest BCUT2D eigenvalue weighted by atomic mass is 9.80. The Kier molecular flexibility index (Phi) is 5.91. The Morgan fingerprint density at radius 1 is 1.03 bits per heavy atom. The van der Waals surface area contributed by atoms with E-state index in [1.807, 2.05) is 6.07 Å². The number of aromatic nitrogens is 2. The van der Waals surface area contributed by atoms with E-state index in [-0.39, 0.29) is 17.4 Å². The van der Waals surface area contributed by atoms with Gasteiger partial charge < -0.3 is 20.1 Å². The maximum atomic E-state index is 9.62. The van der Waals surface area contributed by atoms with Crippen LogP contribution in [0.15, 0.2) is 53.1 Å². The van der Waals surface area contributed by atoms with Crippen molar-refractivity contribution < 1.29 is 14.7 Å². The molecule has 29 heavy (non-hydrogen) atoms. The van der Waals surface area contributed by atoms with E-state index >= 15 is 0 Å². The SMILES string of the molecule is Oc1ccc(C=Cc2nc(C(Cc3ccccc3)C3CCNCC3)no2)cc1O. The van der Waals surface area contributed by atoms with Crippen LogP contribution >= 0.6 is 0 Å². The van der Waals surface area contributed by atoms with Crippen molar-refractivity contribution >= 4 is 12.2 Å². The Hall–Kier alpha value is -3.12. The quantitative estimate of drug-likeness (QED) is 0.551. The first-order chi connectivity index (χ1) is 14.2. The lowest BCUT2D eigenvalue weighted by Crippen LogP contribution is -2.32. The summed E-state index contributed by atoms with van der Waals surface area (Å²) in [6.07, 6.45) is 6.59. The molecule has 150 valence electrons. The van der Waals surface area contributed by atoms with Crippen molar-refractivity contribution in [3.63, 3.8) is 0 Å². The monoisotopic (exact) mass is 391 g/mol. The second-order valence-corrected chi connectivity index (χ2v) is 7.46. The van der Waals surface area contributed by atoms with Gasteiger partial charge >= 0.3 is 0 Å². The van der Waals surface area contributed by atoms with Gasteiger partial charge in [-0.05, 0) is 67.6 Å². The summed E-state index contributed by atoms with van der Waals surface area (Å²) in [4.78, 5) is 4.64. The first-order valence-electron chi connectivity index (χ1n) is 9.97. The first-order valence-corrected chi connectivity index (χ1v) is 9.97. The van der Waals surface area contributed by atoms with Crippen molar-refractivity contribution in [1.82, 2.24) is 15.5 Å². The molecule has 0 radical (unpaired) electrons. The van der Waals surface area contributed by atoms with Gasteiger partial charge in [-0.15, -0.1) is 0 Å². The molecule has 0 spiro atoms. The number of benzene rings is 2. The fourth-order valence-corrected chi connectivity index (χ4v) is 3.86. The van der Waals surface area contributed by atoms with Crippen LogP contribution in [-0.2, 0) is 6.42 Å². The summed E-state index contributed by atoms with van der Waals surface area (Å²) in [5.74, 6) is 1.59. The second kappa shape index (κ2) is 8.92. The van der Waals surface area contributed by atoms with Gasteiger partial charge in [0.15, 0.2) is 17.3 Å². The van der Waals surface area contributed by atoms with E-state index in [0.717, 1.165) is 43.7 Å². The number of phenols is 2. The first kappa shape index (κ1) is 19.2. The highest BCUT2D eigenvalue weighted by molar-refractivity contribution is 5.67. The molecule has 2 heterocycles. The molecule has 1 atom stereocenters. The molecule has 4 rings (SSSR count). The molecule has 1 aliphatic heterocycles. The number of hydrogen-bond acceptors (Lipinski definition) is 6. The van der Waals surface area contributed by atoms with Crippen LogP contribution in [0.25, 0.3) is 12.2 Å². The highest BCUT2D eigenvalue weighted by Crippen LogP contribution is 2.33. The lowest BCUT2D eigenvalue weighted by molar-refractivity contribution is 0.299. The zero-order valence-corrected chi connectivity index (χ0v) is 16.2. The highest BCUT2D eigenvalue weighted by atomic mass is 16.5. The Morgan fingerprint density at radius 2 is 1.83 bits per heavy atom. The third-order valence-electron chi connectivity index (χ3n) is 5.46. The normalized spacial score (nSPS) is 16.3. The number of nitrogens with one attached hydrogen (secondary N) is 1. The fourth-order valence-electron chi connectivity index (χ4n) is 3.86. The number of piperidine rings is 1. The number of aromatic hydroxyl groups is 2. The van der Waals surface area contributed by atoms with Crippen LogP contribution in [0, 0.1) is 5.92 Å². The van der Waals surface area contributed by atoms with Crippen LogP contribution in [0.3, 0.4) is 0 Å². The van der Waals surface area contributed by atoms with Gasteiger partial charge in [0.05, 0.1) is 0 Å². The molecule has 1 aliphatic rings. The predicted octanol–water partition coefficient (Wildman–Crippen LogP) is 3.98. The summed E-state index contributed by atoms with van der Waals surface area (Å²) < 4.78 is 5.47. The molecule has 1 fully saturated rings. The molecule has 3 N–H and O–H groups in total. The molecule has 0 amide bonds. The zero-order chi connectivity index (χ0) is 20.1. The van der Waals surface area contributed by atoms with Crippen molar-refractivity contribution in [2.45, 2.75) is 25.2 Å². The maximum Gasteiger partial charge on any atom is 0.250 e.